The van der Waals surface area contributed by atoms with Gasteiger partial charge in [0.2, 0.25) is 5.91 Å². The van der Waals surface area contributed by atoms with Gasteiger partial charge in [0.05, 0.1) is 36.1 Å². The Morgan fingerprint density at radius 1 is 1.21 bits per heavy atom. The van der Waals surface area contributed by atoms with Crippen molar-refractivity contribution < 1.29 is 14.3 Å². The minimum Gasteiger partial charge on any atom is -0.495 e. The van der Waals surface area contributed by atoms with Crippen LogP contribution in [0.1, 0.15) is 5.56 Å². The molecule has 1 amide bonds. The van der Waals surface area contributed by atoms with Gasteiger partial charge in [-0.25, -0.2) is 4.98 Å². The minimum atomic E-state index is -0.207. The number of benzene rings is 2. The number of hydrogen-bond donors (Lipinski definition) is 1. The van der Waals surface area contributed by atoms with Crippen molar-refractivity contribution in [2.45, 2.75) is 12.1 Å². The maximum Gasteiger partial charge on any atom is 0.266 e. The highest BCUT2D eigenvalue weighted by Crippen LogP contribution is 2.28. The molecule has 29 heavy (non-hydrogen) atoms. The van der Waals surface area contributed by atoms with E-state index in [0.29, 0.717) is 40.6 Å². The molecule has 0 aliphatic heterocycles. The number of ether oxygens (including phenoxy) is 2. The molecule has 0 unspecified atom stereocenters. The average Bonchev–Trinajstić information content (AvgIpc) is 2.72. The van der Waals surface area contributed by atoms with Gasteiger partial charge in [0, 0.05) is 13.7 Å². The van der Waals surface area contributed by atoms with Gasteiger partial charge in [0.1, 0.15) is 5.75 Å². The smallest absolute Gasteiger partial charge is 0.266 e. The molecule has 0 saturated heterocycles. The van der Waals surface area contributed by atoms with Crippen LogP contribution in [0.15, 0.2) is 52.4 Å². The zero-order valence-corrected chi connectivity index (χ0v) is 17.4. The molecule has 0 radical (unpaired) electrons. The van der Waals surface area contributed by atoms with E-state index in [4.69, 9.17) is 9.47 Å². The van der Waals surface area contributed by atoms with Crippen LogP contribution in [0.4, 0.5) is 0 Å². The Hall–Kier alpha value is -2.84. The molecule has 0 aliphatic carbocycles. The van der Waals surface area contributed by atoms with Crippen LogP contribution in [0, 0.1) is 6.92 Å². The Morgan fingerprint density at radius 2 is 2.00 bits per heavy atom. The molecule has 152 valence electrons. The van der Waals surface area contributed by atoms with Gasteiger partial charge in [-0.1, -0.05) is 30.0 Å². The number of hydrogen-bond acceptors (Lipinski definition) is 6. The molecule has 1 N–H and O–H groups in total. The normalized spacial score (nSPS) is 10.9. The zero-order chi connectivity index (χ0) is 20.8. The van der Waals surface area contributed by atoms with Crippen LogP contribution < -0.4 is 15.6 Å². The van der Waals surface area contributed by atoms with Gasteiger partial charge in [-0.2, -0.15) is 0 Å². The zero-order valence-electron chi connectivity index (χ0n) is 16.6. The summed E-state index contributed by atoms with van der Waals surface area (Å²) < 4.78 is 11.9. The van der Waals surface area contributed by atoms with E-state index in [1.807, 2.05) is 31.2 Å². The van der Waals surface area contributed by atoms with Crippen molar-refractivity contribution in [2.75, 3.05) is 33.1 Å². The van der Waals surface area contributed by atoms with Crippen LogP contribution in [0.3, 0.4) is 0 Å². The number of rotatable bonds is 8. The van der Waals surface area contributed by atoms with Crippen LogP contribution in [0.2, 0.25) is 0 Å². The molecule has 8 heteroatoms. The number of thioether (sulfide) groups is 1. The Balaban J connectivity index is 2.07. The second kappa shape index (κ2) is 9.58. The van der Waals surface area contributed by atoms with Crippen molar-refractivity contribution in [3.63, 3.8) is 0 Å². The van der Waals surface area contributed by atoms with Gasteiger partial charge in [0.25, 0.3) is 5.56 Å². The van der Waals surface area contributed by atoms with Gasteiger partial charge in [-0.3, -0.25) is 14.2 Å². The second-order valence-corrected chi connectivity index (χ2v) is 7.30. The van der Waals surface area contributed by atoms with Crippen molar-refractivity contribution >= 4 is 28.6 Å². The minimum absolute atomic E-state index is 0.128. The number of para-hydroxylation sites is 1. The molecular formula is C21H23N3O4S. The number of amides is 1. The van der Waals surface area contributed by atoms with Crippen LogP contribution in [0.5, 0.6) is 5.75 Å². The van der Waals surface area contributed by atoms with Gasteiger partial charge in [-0.05, 0) is 36.8 Å². The number of nitrogens with zero attached hydrogens (tertiary/aromatic N) is 2. The number of aryl methyl sites for hydroxylation is 1. The molecule has 0 atom stereocenters. The van der Waals surface area contributed by atoms with Crippen LogP contribution in [-0.2, 0) is 9.53 Å². The molecule has 0 bridgehead atoms. The third-order valence-corrected chi connectivity index (χ3v) is 5.22. The summed E-state index contributed by atoms with van der Waals surface area (Å²) in [5.41, 5.74) is 1.96. The Bertz CT molecular complexity index is 1080. The third kappa shape index (κ3) is 4.78. The fourth-order valence-electron chi connectivity index (χ4n) is 2.87. The lowest BCUT2D eigenvalue weighted by Crippen LogP contribution is -2.29. The summed E-state index contributed by atoms with van der Waals surface area (Å²) in [6.07, 6.45) is 0. The van der Waals surface area contributed by atoms with Crippen molar-refractivity contribution in [2.24, 2.45) is 0 Å². The Labute approximate surface area is 173 Å². The van der Waals surface area contributed by atoms with Gasteiger partial charge in [0.15, 0.2) is 5.16 Å². The topological polar surface area (TPSA) is 82.5 Å². The van der Waals surface area contributed by atoms with E-state index in [-0.39, 0.29) is 17.2 Å². The maximum atomic E-state index is 13.3. The summed E-state index contributed by atoms with van der Waals surface area (Å²) in [4.78, 5) is 30.1. The second-order valence-electron chi connectivity index (χ2n) is 6.36. The number of fused-ring (bicyclic) bond motifs is 1. The number of nitrogens with one attached hydrogen (secondary N) is 1. The number of carbonyl (C=O) groups is 1. The molecule has 1 aromatic heterocycles. The standard InChI is InChI=1S/C21H23N3O4S/c1-14-8-9-18(28-3)17(12-14)24-20(26)15-6-4-5-7-16(15)23-21(24)29-13-19(25)22-10-11-27-2/h4-9,12H,10-11,13H2,1-3H3,(H,22,25). The molecule has 3 aromatic rings. The van der Waals surface area contributed by atoms with E-state index in [2.05, 4.69) is 10.3 Å². The molecule has 0 spiro atoms. The lowest BCUT2D eigenvalue weighted by molar-refractivity contribution is -0.118. The van der Waals surface area contributed by atoms with Crippen LogP contribution in [0.25, 0.3) is 16.6 Å². The van der Waals surface area contributed by atoms with Crippen LogP contribution in [-0.4, -0.2) is 48.6 Å². The molecule has 0 saturated carbocycles. The molecular weight excluding hydrogens is 390 g/mol. The summed E-state index contributed by atoms with van der Waals surface area (Å²) in [5.74, 6) is 0.529. The molecule has 7 nitrogen and oxygen atoms in total. The highest BCUT2D eigenvalue weighted by molar-refractivity contribution is 7.99. The quantitative estimate of drug-likeness (QED) is 0.347. The summed E-state index contributed by atoms with van der Waals surface area (Å²) in [7, 11) is 3.14. The number of aromatic nitrogens is 2. The first-order valence-electron chi connectivity index (χ1n) is 9.10. The summed E-state index contributed by atoms with van der Waals surface area (Å²) >= 11 is 1.21. The molecule has 2 aromatic carbocycles. The predicted octanol–water partition coefficient (Wildman–Crippen LogP) is 2.56. The van der Waals surface area contributed by atoms with E-state index in [0.717, 1.165) is 5.56 Å². The van der Waals surface area contributed by atoms with E-state index >= 15 is 0 Å². The summed E-state index contributed by atoms with van der Waals surface area (Å²) in [5, 5.41) is 3.71. The van der Waals surface area contributed by atoms with E-state index in [1.54, 1.807) is 32.4 Å². The Morgan fingerprint density at radius 3 is 2.76 bits per heavy atom. The average molecular weight is 413 g/mol. The number of carbonyl (C=O) groups excluding carboxylic acids is 1. The number of methoxy groups -OCH3 is 2. The van der Waals surface area contributed by atoms with Crippen LogP contribution >= 0.6 is 11.8 Å². The summed E-state index contributed by atoms with van der Waals surface area (Å²) in [6, 6.07) is 12.8. The third-order valence-electron chi connectivity index (χ3n) is 4.28. The molecule has 3 rings (SSSR count). The maximum absolute atomic E-state index is 13.3. The van der Waals surface area contributed by atoms with Crippen molar-refractivity contribution in [1.82, 2.24) is 14.9 Å². The largest absolute Gasteiger partial charge is 0.495 e. The van der Waals surface area contributed by atoms with Gasteiger partial charge in [-0.15, -0.1) is 0 Å². The Kier molecular flexibility index (Phi) is 6.90. The monoisotopic (exact) mass is 413 g/mol. The first-order valence-corrected chi connectivity index (χ1v) is 10.1. The lowest BCUT2D eigenvalue weighted by Gasteiger charge is -2.16. The van der Waals surface area contributed by atoms with E-state index in [9.17, 15) is 9.59 Å². The molecule has 0 fully saturated rings. The highest BCUT2D eigenvalue weighted by atomic mass is 32.2. The summed E-state index contributed by atoms with van der Waals surface area (Å²) in [6.45, 7) is 2.81. The van der Waals surface area contributed by atoms with E-state index < -0.39 is 0 Å². The lowest BCUT2D eigenvalue weighted by atomic mass is 10.2. The highest BCUT2D eigenvalue weighted by Gasteiger charge is 2.17. The SMILES string of the molecule is COCCNC(=O)CSc1nc2ccccc2c(=O)n1-c1cc(C)ccc1OC. The molecule has 1 heterocycles. The van der Waals surface area contributed by atoms with Crippen molar-refractivity contribution in [3.8, 4) is 11.4 Å². The molecule has 0 aliphatic rings. The van der Waals surface area contributed by atoms with Crippen molar-refractivity contribution in [3.05, 3.63) is 58.4 Å². The van der Waals surface area contributed by atoms with Gasteiger partial charge < -0.3 is 14.8 Å². The van der Waals surface area contributed by atoms with Gasteiger partial charge >= 0.3 is 0 Å². The first kappa shape index (κ1) is 20.9. The fourth-order valence-corrected chi connectivity index (χ4v) is 3.71. The first-order chi connectivity index (χ1) is 14.0. The fraction of sp³-hybridized carbons (Fsp3) is 0.286. The predicted molar refractivity (Wildman–Crippen MR) is 114 cm³/mol. The van der Waals surface area contributed by atoms with Crippen molar-refractivity contribution in [1.29, 1.82) is 0 Å². The van der Waals surface area contributed by atoms with E-state index in [1.165, 1.54) is 16.3 Å².